The zero-order valence-electron chi connectivity index (χ0n) is 52.5. The third-order valence-electron chi connectivity index (χ3n) is 15.5. The monoisotopic (exact) mass is 1390 g/mol. The summed E-state index contributed by atoms with van der Waals surface area (Å²) >= 11 is 4.11. The van der Waals surface area contributed by atoms with E-state index in [0.717, 1.165) is 73.0 Å². The molecule has 0 radical (unpaired) electrons. The Balaban J connectivity index is 0.000000187. The molecule has 18 nitrogen and oxygen atoms in total. The summed E-state index contributed by atoms with van der Waals surface area (Å²) in [5, 5.41) is 40.9. The van der Waals surface area contributed by atoms with Gasteiger partial charge in [0.25, 0.3) is 6.47 Å². The number of carboxylic acid groups (broad SMARTS) is 1. The number of hydrogen-bond acceptors (Lipinski definition) is 16. The van der Waals surface area contributed by atoms with E-state index in [4.69, 9.17) is 43.4 Å². The fourth-order valence-corrected chi connectivity index (χ4v) is 11.8. The predicted octanol–water partition coefficient (Wildman–Crippen LogP) is 10.2. The average Bonchev–Trinajstić information content (AvgIpc) is 1.64. The smallest absolute Gasteiger partial charge is 0.662 e. The number of benzene rings is 9. The van der Waals surface area contributed by atoms with Crippen molar-refractivity contribution in [2.24, 2.45) is 0 Å². The van der Waals surface area contributed by atoms with E-state index in [1.54, 1.807) is 0 Å². The van der Waals surface area contributed by atoms with E-state index in [1.165, 1.54) is 27.8 Å². The summed E-state index contributed by atoms with van der Waals surface area (Å²) in [7, 11) is 0. The van der Waals surface area contributed by atoms with Crippen LogP contribution in [0.4, 0.5) is 14.4 Å². The minimum Gasteiger partial charge on any atom is -0.662 e. The Morgan fingerprint density at radius 3 is 1.07 bits per heavy atom. The minimum absolute atomic E-state index is 0. The Morgan fingerprint density at radius 2 is 0.750 bits per heavy atom. The number of fused-ring (bicyclic) bond motifs is 9. The molecule has 9 aromatic rings. The molecule has 0 saturated heterocycles. The van der Waals surface area contributed by atoms with Crippen LogP contribution >= 0.6 is 28.0 Å². The quantitative estimate of drug-likeness (QED) is 0.00654. The number of aliphatic carboxylic acids is 1. The van der Waals surface area contributed by atoms with E-state index in [1.807, 2.05) is 188 Å². The van der Waals surface area contributed by atoms with Crippen LogP contribution in [-0.4, -0.2) is 96.3 Å². The van der Waals surface area contributed by atoms with Crippen molar-refractivity contribution in [2.75, 3.05) is 33.0 Å². The molecule has 0 aliphatic heterocycles. The van der Waals surface area contributed by atoms with Crippen molar-refractivity contribution in [2.45, 2.75) is 61.2 Å². The average molecular weight is 1390 g/mol. The number of aliphatic hydroxyl groups excluding tert-OH is 2. The van der Waals surface area contributed by atoms with Gasteiger partial charge < -0.3 is 59.2 Å². The number of esters is 1. The van der Waals surface area contributed by atoms with Crippen LogP contribution in [-0.2, 0) is 60.9 Å². The predicted molar refractivity (Wildman–Crippen MR) is 361 cm³/mol. The Hall–Kier alpha value is -8.93. The van der Waals surface area contributed by atoms with Gasteiger partial charge in [0.1, 0.15) is 50.6 Å². The number of ether oxygens (including phenoxy) is 4. The molecule has 2 unspecified atom stereocenters. The molecule has 0 spiro atoms. The summed E-state index contributed by atoms with van der Waals surface area (Å²) < 4.78 is 26.9. The fraction of sp³-hybridized carbons (Fsp3) is 0.200. The van der Waals surface area contributed by atoms with Crippen LogP contribution in [0.5, 0.6) is 0 Å². The van der Waals surface area contributed by atoms with Gasteiger partial charge in [-0.05, 0) is 83.5 Å². The summed E-state index contributed by atoms with van der Waals surface area (Å²) in [6.07, 6.45) is -1.55. The van der Waals surface area contributed by atoms with Crippen LogP contribution in [0.15, 0.2) is 237 Å². The van der Waals surface area contributed by atoms with Crippen molar-refractivity contribution in [1.29, 1.82) is 0 Å². The van der Waals surface area contributed by atoms with Gasteiger partial charge in [-0.3, -0.25) is 4.79 Å². The van der Waals surface area contributed by atoms with Crippen LogP contribution in [0.2, 0.25) is 0 Å². The van der Waals surface area contributed by atoms with E-state index in [9.17, 15) is 29.1 Å². The third-order valence-corrected chi connectivity index (χ3v) is 16.6. The maximum Gasteiger partial charge on any atom is 1.00 e. The van der Waals surface area contributed by atoms with Crippen molar-refractivity contribution in [3.8, 4) is 33.4 Å². The SMILES string of the molecule is BrCc1ccccc1.O=C(NC(CCO)C(=O)O)OCC1c2ccccc2-c2ccccc21.O=C(NC(CCO)C(=O)OCc1ccccc1)OCC1c2ccccc2-c2ccccc21.O=C(OCC1c2ccccc2-c2ccccc21)SOCc1ccccc1.O=CO[O-].[Na+]. The van der Waals surface area contributed by atoms with Crippen molar-refractivity contribution >= 4 is 63.9 Å². The molecule has 96 heavy (non-hydrogen) atoms. The number of carboxylic acids is 1. The number of alkyl carbamates (subject to hydrolysis) is 2. The van der Waals surface area contributed by atoms with Crippen LogP contribution in [0.1, 0.15) is 80.7 Å². The molecule has 2 atom stereocenters. The first-order chi connectivity index (χ1) is 46.5. The molecule has 3 aliphatic rings. The van der Waals surface area contributed by atoms with E-state index >= 15 is 0 Å². The van der Waals surface area contributed by atoms with Crippen molar-refractivity contribution < 1.29 is 107 Å². The minimum atomic E-state index is -1.21. The van der Waals surface area contributed by atoms with Gasteiger partial charge in [0.15, 0.2) is 0 Å². The third kappa shape index (κ3) is 21.3. The summed E-state index contributed by atoms with van der Waals surface area (Å²) in [5.74, 6) is -1.91. The second-order valence-electron chi connectivity index (χ2n) is 21.4. The number of carbonyl (C=O) groups excluding carboxylic acids is 5. The Kier molecular flexibility index (Phi) is 30.9. The van der Waals surface area contributed by atoms with Crippen molar-refractivity contribution in [3.05, 3.63) is 287 Å². The van der Waals surface area contributed by atoms with Crippen LogP contribution in [0.3, 0.4) is 0 Å². The topological polar surface area (TPSA) is 266 Å². The maximum atomic E-state index is 12.5. The largest absolute Gasteiger partial charge is 1.00 e. The van der Waals surface area contributed by atoms with Crippen LogP contribution in [0.25, 0.3) is 33.4 Å². The molecule has 3 aliphatic carbocycles. The van der Waals surface area contributed by atoms with Gasteiger partial charge >= 0.3 is 59.0 Å². The zero-order valence-corrected chi connectivity index (χ0v) is 56.9. The van der Waals surface area contributed by atoms with Crippen molar-refractivity contribution in [3.63, 3.8) is 0 Å². The number of nitrogens with one attached hydrogen (secondary N) is 2. The number of hydrogen-bond donors (Lipinski definition) is 5. The van der Waals surface area contributed by atoms with E-state index < -0.39 is 41.5 Å². The Morgan fingerprint density at radius 1 is 0.448 bits per heavy atom. The first kappa shape index (κ1) is 74.5. The van der Waals surface area contributed by atoms with Crippen molar-refractivity contribution in [1.82, 2.24) is 10.6 Å². The number of rotatable bonds is 21. The molecule has 0 fully saturated rings. The second-order valence-corrected chi connectivity index (χ2v) is 22.7. The maximum absolute atomic E-state index is 12.5. The van der Waals surface area contributed by atoms with Gasteiger partial charge in [-0.15, -0.1) is 0 Å². The Bertz CT molecular complexity index is 3810. The molecule has 9 aromatic carbocycles. The summed E-state index contributed by atoms with van der Waals surface area (Å²) in [6, 6.07) is 75.7. The molecule has 12 rings (SSSR count). The van der Waals surface area contributed by atoms with Crippen LogP contribution in [0, 0.1) is 0 Å². The molecule has 0 saturated carbocycles. The van der Waals surface area contributed by atoms with Gasteiger partial charge in [0.2, 0.25) is 0 Å². The van der Waals surface area contributed by atoms with Gasteiger partial charge in [-0.2, -0.15) is 0 Å². The fourth-order valence-electron chi connectivity index (χ4n) is 11.1. The first-order valence-corrected chi connectivity index (χ1v) is 32.2. The summed E-state index contributed by atoms with van der Waals surface area (Å²) in [6.45, 7) is 0.254. The van der Waals surface area contributed by atoms with Gasteiger partial charge in [0, 0.05) is 49.1 Å². The molecule has 5 N–H and O–H groups in total. The van der Waals surface area contributed by atoms with Crippen LogP contribution < -0.4 is 45.4 Å². The van der Waals surface area contributed by atoms with Gasteiger partial charge in [0.05, 0.1) is 6.61 Å². The number of halogens is 1. The Labute approximate surface area is 591 Å². The number of amides is 2. The molecule has 0 heterocycles. The normalized spacial score (nSPS) is 12.2. The molecule has 21 heteroatoms. The standard InChI is InChI=1S/C26H25NO5.C22H18O3S.C19H19NO5.C7H7Br.CH2O3.Na/c28-15-14-24(25(29)31-16-18-8-2-1-3-9-18)27-26(30)32-17-23-21-12-6-4-10-19(21)20-11-5-7-13-22(20)23;23-22(26-25-14-16-8-2-1-3-9-16)24-15-21-19-12-6-4-10-17(19)18-11-5-7-13-20(18)21;21-10-9-17(18(22)23)20-19(24)25-11-16-14-7-3-1-5-12(14)13-6-2-4-8-15(13)16;8-6-7-4-2-1-3-5-7;2-1-4-3;/h1-13,23-24,28H,14-17H2,(H,27,30);1-13,21H,14-15H2;1-8,16-17,21H,9-11H2,(H,20,24)(H,22,23);1-5H,6H2;1,3H;/q;;;;;+1/p-1. The number of carbonyl (C=O) groups is 6. The first-order valence-electron chi connectivity index (χ1n) is 30.3. The molecule has 2 amide bonds. The van der Waals surface area contributed by atoms with Gasteiger partial charge in [-0.25, -0.2) is 24.0 Å². The number of aliphatic hydroxyl groups is 2. The zero-order chi connectivity index (χ0) is 67.2. The molecule has 0 aromatic heterocycles. The van der Waals surface area contributed by atoms with Gasteiger partial charge in [-0.1, -0.05) is 253 Å². The molecular weight excluding hydrogens is 1320 g/mol. The van der Waals surface area contributed by atoms with E-state index in [0.29, 0.717) is 13.2 Å². The summed E-state index contributed by atoms with van der Waals surface area (Å²) in [4.78, 5) is 71.1. The number of alkyl halides is 1. The second kappa shape index (κ2) is 39.8. The molecular formula is C75H70BrN2NaO16S. The molecule has 0 bridgehead atoms. The summed E-state index contributed by atoms with van der Waals surface area (Å²) in [5.41, 5.74) is 16.9. The van der Waals surface area contributed by atoms with E-state index in [2.05, 4.69) is 80.0 Å². The molecule has 490 valence electrons. The van der Waals surface area contributed by atoms with E-state index in [-0.39, 0.29) is 99.7 Å².